The van der Waals surface area contributed by atoms with Gasteiger partial charge in [0.1, 0.15) is 5.75 Å². The summed E-state index contributed by atoms with van der Waals surface area (Å²) in [6.07, 6.45) is 1.65. The largest absolute Gasteiger partial charge is 0.437 e. The van der Waals surface area contributed by atoms with Crippen LogP contribution in [0.4, 0.5) is 5.69 Å². The number of nitrogen functional groups attached to an aromatic ring is 1. The van der Waals surface area contributed by atoms with E-state index in [-0.39, 0.29) is 0 Å². The highest BCUT2D eigenvalue weighted by Crippen LogP contribution is 2.29. The predicted molar refractivity (Wildman–Crippen MR) is 67.6 cm³/mol. The molecule has 82 valence electrons. The van der Waals surface area contributed by atoms with Crippen molar-refractivity contribution in [2.75, 3.05) is 5.73 Å². The van der Waals surface area contributed by atoms with Gasteiger partial charge in [0.25, 0.3) is 0 Å². The molecule has 0 aliphatic heterocycles. The van der Waals surface area contributed by atoms with Gasteiger partial charge in [0.2, 0.25) is 5.88 Å². The second kappa shape index (κ2) is 4.53. The molecule has 4 heteroatoms. The Morgan fingerprint density at radius 1 is 1.31 bits per heavy atom. The molecule has 0 saturated carbocycles. The Bertz CT molecular complexity index is 514. The van der Waals surface area contributed by atoms with Gasteiger partial charge in [-0.15, -0.1) is 0 Å². The van der Waals surface area contributed by atoms with E-state index >= 15 is 0 Å². The van der Waals surface area contributed by atoms with Gasteiger partial charge in [-0.05, 0) is 36.8 Å². The van der Waals surface area contributed by atoms with E-state index in [0.29, 0.717) is 11.6 Å². The van der Waals surface area contributed by atoms with Gasteiger partial charge in [-0.1, -0.05) is 22.0 Å². The number of aromatic nitrogens is 1. The number of rotatable bonds is 2. The van der Waals surface area contributed by atoms with Crippen molar-refractivity contribution in [3.63, 3.8) is 0 Å². The molecule has 0 aliphatic carbocycles. The second-order valence-corrected chi connectivity index (χ2v) is 4.33. The molecule has 0 atom stereocenters. The van der Waals surface area contributed by atoms with Crippen LogP contribution in [0.5, 0.6) is 11.6 Å². The van der Waals surface area contributed by atoms with E-state index in [2.05, 4.69) is 20.9 Å². The number of hydrogen-bond acceptors (Lipinski definition) is 3. The van der Waals surface area contributed by atoms with E-state index < -0.39 is 0 Å². The highest BCUT2D eigenvalue weighted by molar-refractivity contribution is 9.10. The molecule has 0 bridgehead atoms. The van der Waals surface area contributed by atoms with Crippen molar-refractivity contribution < 1.29 is 4.74 Å². The van der Waals surface area contributed by atoms with Crippen molar-refractivity contribution in [1.82, 2.24) is 4.98 Å². The fourth-order valence-electron chi connectivity index (χ4n) is 1.28. The zero-order valence-electron chi connectivity index (χ0n) is 8.77. The van der Waals surface area contributed by atoms with Crippen LogP contribution in [-0.2, 0) is 0 Å². The van der Waals surface area contributed by atoms with Crippen molar-refractivity contribution in [2.45, 2.75) is 6.92 Å². The molecule has 1 aromatic carbocycles. The lowest BCUT2D eigenvalue weighted by Crippen LogP contribution is -1.95. The summed E-state index contributed by atoms with van der Waals surface area (Å²) in [5.74, 6) is 1.18. The van der Waals surface area contributed by atoms with Crippen molar-refractivity contribution in [2.24, 2.45) is 0 Å². The molecule has 2 N–H and O–H groups in total. The molecular weight excluding hydrogens is 268 g/mol. The normalized spacial score (nSPS) is 10.1. The van der Waals surface area contributed by atoms with Crippen LogP contribution >= 0.6 is 15.9 Å². The Labute approximate surface area is 102 Å². The Kier molecular flexibility index (Phi) is 3.10. The average molecular weight is 279 g/mol. The van der Waals surface area contributed by atoms with Gasteiger partial charge >= 0.3 is 0 Å². The number of hydrogen-bond donors (Lipinski definition) is 1. The van der Waals surface area contributed by atoms with Crippen LogP contribution < -0.4 is 10.5 Å². The van der Waals surface area contributed by atoms with E-state index in [9.17, 15) is 0 Å². The van der Waals surface area contributed by atoms with Crippen LogP contribution in [0.1, 0.15) is 5.56 Å². The Balaban J connectivity index is 2.34. The SMILES string of the molecule is Cc1ccc(Br)cc1Oc1ncccc1N. The van der Waals surface area contributed by atoms with Crippen molar-refractivity contribution in [3.05, 3.63) is 46.6 Å². The molecular formula is C12H11BrN2O. The fourth-order valence-corrected chi connectivity index (χ4v) is 1.62. The van der Waals surface area contributed by atoms with E-state index in [1.165, 1.54) is 0 Å². The molecule has 3 nitrogen and oxygen atoms in total. The number of anilines is 1. The first-order chi connectivity index (χ1) is 7.66. The Morgan fingerprint density at radius 2 is 2.12 bits per heavy atom. The molecule has 0 radical (unpaired) electrons. The van der Waals surface area contributed by atoms with E-state index in [1.807, 2.05) is 25.1 Å². The summed E-state index contributed by atoms with van der Waals surface area (Å²) in [5, 5.41) is 0. The van der Waals surface area contributed by atoms with Crippen LogP contribution in [-0.4, -0.2) is 4.98 Å². The average Bonchev–Trinajstić information content (AvgIpc) is 2.27. The summed E-state index contributed by atoms with van der Waals surface area (Å²) < 4.78 is 6.62. The third kappa shape index (κ3) is 2.33. The number of nitrogens with zero attached hydrogens (tertiary/aromatic N) is 1. The van der Waals surface area contributed by atoms with Gasteiger partial charge in [-0.3, -0.25) is 0 Å². The predicted octanol–water partition coefficient (Wildman–Crippen LogP) is 3.53. The van der Waals surface area contributed by atoms with Crippen LogP contribution in [0.15, 0.2) is 41.0 Å². The summed E-state index contributed by atoms with van der Waals surface area (Å²) in [4.78, 5) is 4.08. The molecule has 0 unspecified atom stereocenters. The lowest BCUT2D eigenvalue weighted by Gasteiger charge is -2.09. The molecule has 0 amide bonds. The minimum atomic E-state index is 0.434. The van der Waals surface area contributed by atoms with E-state index in [1.54, 1.807) is 18.3 Å². The molecule has 2 aromatic rings. The molecule has 2 rings (SSSR count). The third-order valence-electron chi connectivity index (χ3n) is 2.16. The maximum atomic E-state index is 5.76. The topological polar surface area (TPSA) is 48.1 Å². The van der Waals surface area contributed by atoms with Crippen molar-refractivity contribution in [1.29, 1.82) is 0 Å². The van der Waals surface area contributed by atoms with E-state index in [0.717, 1.165) is 15.8 Å². The second-order valence-electron chi connectivity index (χ2n) is 3.41. The zero-order valence-corrected chi connectivity index (χ0v) is 10.4. The molecule has 0 spiro atoms. The molecule has 16 heavy (non-hydrogen) atoms. The summed E-state index contributed by atoms with van der Waals surface area (Å²) in [6, 6.07) is 9.36. The van der Waals surface area contributed by atoms with Crippen LogP contribution in [0.2, 0.25) is 0 Å². The van der Waals surface area contributed by atoms with Gasteiger partial charge in [-0.25, -0.2) is 4.98 Å². The number of aryl methyl sites for hydroxylation is 1. The van der Waals surface area contributed by atoms with Gasteiger partial charge < -0.3 is 10.5 Å². The minimum absolute atomic E-state index is 0.434. The van der Waals surface area contributed by atoms with Crippen LogP contribution in [0, 0.1) is 6.92 Å². The first kappa shape index (κ1) is 11.0. The molecule has 1 heterocycles. The number of benzene rings is 1. The molecule has 1 aromatic heterocycles. The van der Waals surface area contributed by atoms with Gasteiger partial charge in [0, 0.05) is 10.7 Å². The number of halogens is 1. The third-order valence-corrected chi connectivity index (χ3v) is 2.65. The van der Waals surface area contributed by atoms with Gasteiger partial charge in [-0.2, -0.15) is 0 Å². The maximum Gasteiger partial charge on any atom is 0.242 e. The maximum absolute atomic E-state index is 5.76. The monoisotopic (exact) mass is 278 g/mol. The Morgan fingerprint density at radius 3 is 2.88 bits per heavy atom. The summed E-state index contributed by atoms with van der Waals surface area (Å²) in [7, 11) is 0. The summed E-state index contributed by atoms with van der Waals surface area (Å²) >= 11 is 3.40. The summed E-state index contributed by atoms with van der Waals surface area (Å²) in [5.41, 5.74) is 7.32. The lowest BCUT2D eigenvalue weighted by atomic mass is 10.2. The van der Waals surface area contributed by atoms with Crippen LogP contribution in [0.3, 0.4) is 0 Å². The molecule has 0 saturated heterocycles. The van der Waals surface area contributed by atoms with E-state index in [4.69, 9.17) is 10.5 Å². The van der Waals surface area contributed by atoms with Crippen molar-refractivity contribution in [3.8, 4) is 11.6 Å². The first-order valence-corrected chi connectivity index (χ1v) is 5.60. The standard InChI is InChI=1S/C12H11BrN2O/c1-8-4-5-9(13)7-11(8)16-12-10(14)3-2-6-15-12/h2-7H,14H2,1H3. The molecule has 0 fully saturated rings. The summed E-state index contributed by atoms with van der Waals surface area (Å²) in [6.45, 7) is 1.97. The Hall–Kier alpha value is -1.55. The lowest BCUT2D eigenvalue weighted by molar-refractivity contribution is 0.462. The number of pyridine rings is 1. The molecule has 0 aliphatic rings. The smallest absolute Gasteiger partial charge is 0.242 e. The highest BCUT2D eigenvalue weighted by Gasteiger charge is 2.05. The van der Waals surface area contributed by atoms with Gasteiger partial charge in [0.15, 0.2) is 0 Å². The zero-order chi connectivity index (χ0) is 11.5. The van der Waals surface area contributed by atoms with Crippen LogP contribution in [0.25, 0.3) is 0 Å². The minimum Gasteiger partial charge on any atom is -0.437 e. The van der Waals surface area contributed by atoms with Gasteiger partial charge in [0.05, 0.1) is 5.69 Å². The first-order valence-electron chi connectivity index (χ1n) is 4.81. The highest BCUT2D eigenvalue weighted by atomic mass is 79.9. The number of ether oxygens (including phenoxy) is 1. The quantitative estimate of drug-likeness (QED) is 0.914. The van der Waals surface area contributed by atoms with Crippen molar-refractivity contribution >= 4 is 21.6 Å². The fraction of sp³-hybridized carbons (Fsp3) is 0.0833. The number of nitrogens with two attached hydrogens (primary N) is 1.